The molecule has 0 aliphatic carbocycles. The Bertz CT molecular complexity index is 1150. The average Bonchev–Trinajstić information content (AvgIpc) is 3.24. The Morgan fingerprint density at radius 2 is 1.71 bits per heavy atom. The zero-order chi connectivity index (χ0) is 21.6. The molecule has 0 fully saturated rings. The Balaban J connectivity index is 1.52. The highest BCUT2D eigenvalue weighted by Gasteiger charge is 2.24. The molecule has 0 saturated carbocycles. The Morgan fingerprint density at radius 1 is 1.00 bits per heavy atom. The van der Waals surface area contributed by atoms with Crippen LogP contribution in [-0.2, 0) is 4.79 Å². The summed E-state index contributed by atoms with van der Waals surface area (Å²) in [6.07, 6.45) is 2.09. The van der Waals surface area contributed by atoms with Crippen molar-refractivity contribution in [2.24, 2.45) is 0 Å². The number of nitrogens with one attached hydrogen (secondary N) is 2. The van der Waals surface area contributed by atoms with Gasteiger partial charge in [-0.2, -0.15) is 0 Å². The minimum Gasteiger partial charge on any atom is -0.495 e. The van der Waals surface area contributed by atoms with Gasteiger partial charge in [-0.3, -0.25) is 4.79 Å². The molecule has 1 heterocycles. The molecule has 31 heavy (non-hydrogen) atoms. The second kappa shape index (κ2) is 9.49. The van der Waals surface area contributed by atoms with Gasteiger partial charge in [-0.25, -0.2) is 0 Å². The van der Waals surface area contributed by atoms with E-state index in [1.807, 2.05) is 43.3 Å². The monoisotopic (exact) mass is 414 g/mol. The molecular weight excluding hydrogens is 386 g/mol. The van der Waals surface area contributed by atoms with Crippen LogP contribution >= 0.6 is 0 Å². The maximum atomic E-state index is 12.8. The highest BCUT2D eigenvalue weighted by Crippen LogP contribution is 2.30. The molecule has 5 heteroatoms. The Hall–Kier alpha value is -3.57. The van der Waals surface area contributed by atoms with E-state index in [2.05, 4.69) is 64.3 Å². The number of rotatable bonds is 8. The van der Waals surface area contributed by atoms with E-state index in [1.54, 1.807) is 7.11 Å². The van der Waals surface area contributed by atoms with Crippen molar-refractivity contribution in [2.45, 2.75) is 18.9 Å². The number of amides is 1. The maximum Gasteiger partial charge on any atom is 0.282 e. The van der Waals surface area contributed by atoms with Crippen molar-refractivity contribution in [3.05, 3.63) is 96.2 Å². The van der Waals surface area contributed by atoms with E-state index in [9.17, 15) is 4.79 Å². The highest BCUT2D eigenvalue weighted by molar-refractivity contribution is 5.94. The summed E-state index contributed by atoms with van der Waals surface area (Å²) in [6, 6.07) is 26.0. The number of nitrogens with two attached hydrogens (primary N) is 1. The summed E-state index contributed by atoms with van der Waals surface area (Å²) in [7, 11) is 1.60. The first-order valence-electron chi connectivity index (χ1n) is 10.6. The smallest absolute Gasteiger partial charge is 0.282 e. The van der Waals surface area contributed by atoms with E-state index < -0.39 is 0 Å². The average molecular weight is 415 g/mol. The summed E-state index contributed by atoms with van der Waals surface area (Å²) >= 11 is 0. The van der Waals surface area contributed by atoms with Gasteiger partial charge in [0.25, 0.3) is 5.91 Å². The molecule has 4 N–H and O–H groups in total. The summed E-state index contributed by atoms with van der Waals surface area (Å²) in [5.74, 6) is 0.776. The van der Waals surface area contributed by atoms with Crippen molar-refractivity contribution < 1.29 is 14.8 Å². The number of quaternary nitrogens is 1. The van der Waals surface area contributed by atoms with Gasteiger partial charge in [-0.15, -0.1) is 0 Å². The number of aromatic amines is 1. The van der Waals surface area contributed by atoms with Crippen molar-refractivity contribution >= 4 is 22.5 Å². The summed E-state index contributed by atoms with van der Waals surface area (Å²) in [5.41, 5.74) is 4.29. The SMILES string of the molecule is COc1ccccc1NC(=O)[C@H](C)[NH2+]C[C@H](c1ccccc1)c1c[nH]c2ccccc12. The number of carbonyl (C=O) groups is 1. The molecule has 1 amide bonds. The molecular formula is C26H28N3O2+. The zero-order valence-electron chi connectivity index (χ0n) is 17.8. The molecule has 0 saturated heterocycles. The van der Waals surface area contributed by atoms with E-state index in [0.717, 1.165) is 12.1 Å². The van der Waals surface area contributed by atoms with Crippen LogP contribution in [-0.4, -0.2) is 30.6 Å². The molecule has 3 aromatic carbocycles. The lowest BCUT2D eigenvalue weighted by atomic mass is 9.90. The number of para-hydroxylation sites is 3. The third-order valence-corrected chi connectivity index (χ3v) is 5.70. The van der Waals surface area contributed by atoms with Crippen LogP contribution < -0.4 is 15.4 Å². The number of ether oxygens (including phenoxy) is 1. The molecule has 0 radical (unpaired) electrons. The predicted octanol–water partition coefficient (Wildman–Crippen LogP) is 3.90. The van der Waals surface area contributed by atoms with E-state index in [-0.39, 0.29) is 17.9 Å². The lowest BCUT2D eigenvalue weighted by Gasteiger charge is -2.19. The second-order valence-electron chi connectivity index (χ2n) is 7.70. The van der Waals surface area contributed by atoms with Crippen LogP contribution in [0, 0.1) is 0 Å². The van der Waals surface area contributed by atoms with Gasteiger partial charge in [-0.1, -0.05) is 60.7 Å². The number of aromatic nitrogens is 1. The molecule has 4 aromatic rings. The van der Waals surface area contributed by atoms with Crippen LogP contribution in [0.15, 0.2) is 85.1 Å². The van der Waals surface area contributed by atoms with Crippen molar-refractivity contribution in [3.63, 3.8) is 0 Å². The molecule has 0 unspecified atom stereocenters. The summed E-state index contributed by atoms with van der Waals surface area (Å²) < 4.78 is 5.34. The Morgan fingerprint density at radius 3 is 2.52 bits per heavy atom. The lowest BCUT2D eigenvalue weighted by Crippen LogP contribution is -2.92. The molecule has 5 nitrogen and oxygen atoms in total. The van der Waals surface area contributed by atoms with E-state index >= 15 is 0 Å². The first kappa shape index (κ1) is 20.7. The van der Waals surface area contributed by atoms with Crippen LogP contribution in [0.4, 0.5) is 5.69 Å². The third-order valence-electron chi connectivity index (χ3n) is 5.70. The van der Waals surface area contributed by atoms with Gasteiger partial charge >= 0.3 is 0 Å². The maximum absolute atomic E-state index is 12.8. The molecule has 158 valence electrons. The highest BCUT2D eigenvalue weighted by atomic mass is 16.5. The summed E-state index contributed by atoms with van der Waals surface area (Å²) in [6.45, 7) is 2.69. The van der Waals surface area contributed by atoms with E-state index in [1.165, 1.54) is 16.5 Å². The van der Waals surface area contributed by atoms with Crippen LogP contribution in [0.5, 0.6) is 5.75 Å². The second-order valence-corrected chi connectivity index (χ2v) is 7.70. The first-order valence-corrected chi connectivity index (χ1v) is 10.6. The summed E-state index contributed by atoms with van der Waals surface area (Å²) in [5, 5.41) is 6.31. The number of H-pyrrole nitrogens is 1. The van der Waals surface area contributed by atoms with E-state index in [4.69, 9.17) is 4.74 Å². The molecule has 0 aliphatic rings. The topological polar surface area (TPSA) is 70.7 Å². The van der Waals surface area contributed by atoms with Crippen LogP contribution in [0.2, 0.25) is 0 Å². The molecule has 4 rings (SSSR count). The normalized spacial score (nSPS) is 13.0. The molecule has 0 aliphatic heterocycles. The third kappa shape index (κ3) is 4.62. The predicted molar refractivity (Wildman–Crippen MR) is 124 cm³/mol. The number of fused-ring (bicyclic) bond motifs is 1. The quantitative estimate of drug-likeness (QED) is 0.409. The van der Waals surface area contributed by atoms with E-state index in [0.29, 0.717) is 11.4 Å². The number of hydrogen-bond acceptors (Lipinski definition) is 2. The number of anilines is 1. The van der Waals surface area contributed by atoms with Crippen LogP contribution in [0.25, 0.3) is 10.9 Å². The van der Waals surface area contributed by atoms with Crippen molar-refractivity contribution in [1.82, 2.24) is 4.98 Å². The van der Waals surface area contributed by atoms with Gasteiger partial charge in [0.05, 0.1) is 25.3 Å². The number of carbonyl (C=O) groups excluding carboxylic acids is 1. The van der Waals surface area contributed by atoms with Crippen molar-refractivity contribution in [2.75, 3.05) is 19.0 Å². The van der Waals surface area contributed by atoms with Gasteiger partial charge in [0.1, 0.15) is 5.75 Å². The molecule has 1 aromatic heterocycles. The fraction of sp³-hybridized carbons (Fsp3) is 0.192. The Kier molecular flexibility index (Phi) is 6.34. The summed E-state index contributed by atoms with van der Waals surface area (Å²) in [4.78, 5) is 16.2. The molecule has 0 spiro atoms. The van der Waals surface area contributed by atoms with Crippen molar-refractivity contribution in [3.8, 4) is 5.75 Å². The Labute approximate surface area is 182 Å². The first-order chi connectivity index (χ1) is 15.2. The fourth-order valence-corrected chi connectivity index (χ4v) is 3.95. The van der Waals surface area contributed by atoms with Gasteiger partial charge < -0.3 is 20.4 Å². The minimum absolute atomic E-state index is 0.0461. The standard InChI is InChI=1S/C26H27N3O2/c1-18(26(30)29-24-14-8-9-15-25(24)31-2)27-16-21(19-10-4-3-5-11-19)22-17-28-23-13-7-6-12-20(22)23/h3-15,17-18,21,27-28H,16H2,1-2H3,(H,29,30)/p+1/t18-,21+/m0/s1. The molecule has 2 atom stereocenters. The van der Waals surface area contributed by atoms with Gasteiger partial charge in [0, 0.05) is 17.1 Å². The number of hydrogen-bond donors (Lipinski definition) is 3. The zero-order valence-corrected chi connectivity index (χ0v) is 17.8. The molecule has 0 bridgehead atoms. The van der Waals surface area contributed by atoms with Crippen LogP contribution in [0.1, 0.15) is 24.0 Å². The van der Waals surface area contributed by atoms with Crippen LogP contribution in [0.3, 0.4) is 0 Å². The lowest BCUT2D eigenvalue weighted by molar-refractivity contribution is -0.674. The van der Waals surface area contributed by atoms with Gasteiger partial charge in [0.15, 0.2) is 6.04 Å². The van der Waals surface area contributed by atoms with Gasteiger partial charge in [-0.05, 0) is 36.2 Å². The largest absolute Gasteiger partial charge is 0.495 e. The van der Waals surface area contributed by atoms with Gasteiger partial charge in [0.2, 0.25) is 0 Å². The van der Waals surface area contributed by atoms with Crippen molar-refractivity contribution in [1.29, 1.82) is 0 Å². The fourth-order valence-electron chi connectivity index (χ4n) is 3.95. The number of methoxy groups -OCH3 is 1. The number of benzene rings is 3. The minimum atomic E-state index is -0.249.